The minimum Gasteiger partial charge on any atom is -0.460 e. The number of carbonyl (C=O) groups is 2. The van der Waals surface area contributed by atoms with Crippen LogP contribution in [-0.2, 0) is 24.4 Å². The third kappa shape index (κ3) is 7.54. The average Bonchev–Trinajstić information content (AvgIpc) is 2.40. The molecule has 1 amide bonds. The molecule has 0 aliphatic rings. The largest absolute Gasteiger partial charge is 0.460 e. The van der Waals surface area contributed by atoms with E-state index in [0.717, 1.165) is 0 Å². The molecule has 0 rings (SSSR count). The van der Waals surface area contributed by atoms with Crippen LogP contribution in [0, 0.1) is 0 Å². The van der Waals surface area contributed by atoms with Gasteiger partial charge in [0.25, 0.3) is 0 Å². The zero-order valence-corrected chi connectivity index (χ0v) is 12.5. The number of nitrogens with one attached hydrogen (secondary N) is 1. The summed E-state index contributed by atoms with van der Waals surface area (Å²) in [5.74, 6) is -1.76. The lowest BCUT2D eigenvalue weighted by atomic mass is 10.3. The molecule has 0 aromatic carbocycles. The summed E-state index contributed by atoms with van der Waals surface area (Å²) < 4.78 is 98.5. The minimum absolute atomic E-state index is 0.510. The number of ether oxygens (including phenoxy) is 2. The van der Waals surface area contributed by atoms with E-state index in [1.54, 1.807) is 0 Å². The number of hydrogen-bond acceptors (Lipinski definition) is 6. The number of halogens is 5. The summed E-state index contributed by atoms with van der Waals surface area (Å²) in [6, 6.07) is 0. The van der Waals surface area contributed by atoms with Crippen molar-refractivity contribution < 1.29 is 54.0 Å². The van der Waals surface area contributed by atoms with Gasteiger partial charge in [-0.15, -0.1) is 0 Å². The van der Waals surface area contributed by atoms with Gasteiger partial charge in [0, 0.05) is 0 Å². The standard InChI is InChI=1S/C10H12F5NO7S/c1-6(10(13,14)15)7(17)22-5-3-16-8(18)23-4-2-9(11,12)24(19,20)21/h1-5H2,(H,16,18)(H,19,20,21). The third-order valence-electron chi connectivity index (χ3n) is 2.20. The summed E-state index contributed by atoms with van der Waals surface area (Å²) in [6.45, 7) is 0.191. The zero-order chi connectivity index (χ0) is 19.2. The second kappa shape index (κ2) is 8.23. The van der Waals surface area contributed by atoms with Crippen LogP contribution >= 0.6 is 0 Å². The molecule has 0 heterocycles. The molecular formula is C10H12F5NO7S. The zero-order valence-electron chi connectivity index (χ0n) is 11.7. The molecule has 24 heavy (non-hydrogen) atoms. The highest BCUT2D eigenvalue weighted by Gasteiger charge is 2.43. The highest BCUT2D eigenvalue weighted by molar-refractivity contribution is 7.86. The van der Waals surface area contributed by atoms with Crippen LogP contribution in [0.25, 0.3) is 0 Å². The van der Waals surface area contributed by atoms with Gasteiger partial charge >= 0.3 is 33.6 Å². The van der Waals surface area contributed by atoms with Crippen LogP contribution < -0.4 is 5.32 Å². The molecular weight excluding hydrogens is 373 g/mol. The van der Waals surface area contributed by atoms with E-state index in [2.05, 4.69) is 16.1 Å². The summed E-state index contributed by atoms with van der Waals surface area (Å²) in [4.78, 5) is 21.8. The molecule has 0 saturated carbocycles. The molecule has 0 unspecified atom stereocenters. The average molecular weight is 385 g/mol. The van der Waals surface area contributed by atoms with Crippen molar-refractivity contribution in [3.05, 3.63) is 12.2 Å². The number of alkyl carbamates (subject to hydrolysis) is 1. The third-order valence-corrected chi connectivity index (χ3v) is 3.16. The van der Waals surface area contributed by atoms with Gasteiger partial charge < -0.3 is 14.8 Å². The molecule has 0 aromatic rings. The summed E-state index contributed by atoms with van der Waals surface area (Å²) in [7, 11) is -5.65. The van der Waals surface area contributed by atoms with Crippen LogP contribution in [0.4, 0.5) is 26.7 Å². The van der Waals surface area contributed by atoms with Crippen molar-refractivity contribution in [2.24, 2.45) is 0 Å². The second-order valence-electron chi connectivity index (χ2n) is 4.04. The molecule has 0 aromatic heterocycles. The van der Waals surface area contributed by atoms with Crippen molar-refractivity contribution in [3.8, 4) is 0 Å². The van der Waals surface area contributed by atoms with Crippen molar-refractivity contribution in [1.82, 2.24) is 5.32 Å². The Hall–Kier alpha value is -1.96. The predicted molar refractivity (Wildman–Crippen MR) is 66.6 cm³/mol. The molecule has 0 fully saturated rings. The SMILES string of the molecule is C=C(C(=O)OCCNC(=O)OCCC(F)(F)S(=O)(=O)O)C(F)(F)F. The van der Waals surface area contributed by atoms with Gasteiger partial charge in [0.1, 0.15) is 18.8 Å². The van der Waals surface area contributed by atoms with Gasteiger partial charge in [-0.25, -0.2) is 9.59 Å². The van der Waals surface area contributed by atoms with E-state index >= 15 is 0 Å². The Labute approximate surface area is 132 Å². The Balaban J connectivity index is 4.01. The highest BCUT2D eigenvalue weighted by Crippen LogP contribution is 2.25. The van der Waals surface area contributed by atoms with Gasteiger partial charge in [0.2, 0.25) is 0 Å². The van der Waals surface area contributed by atoms with Crippen LogP contribution in [0.3, 0.4) is 0 Å². The number of esters is 1. The van der Waals surface area contributed by atoms with Gasteiger partial charge in [0.05, 0.1) is 13.0 Å². The van der Waals surface area contributed by atoms with Gasteiger partial charge in [-0.3, -0.25) is 4.55 Å². The van der Waals surface area contributed by atoms with Crippen molar-refractivity contribution in [2.45, 2.75) is 17.9 Å². The smallest absolute Gasteiger partial charge is 0.422 e. The van der Waals surface area contributed by atoms with E-state index in [4.69, 9.17) is 4.55 Å². The molecule has 0 bridgehead atoms. The van der Waals surface area contributed by atoms with E-state index in [1.165, 1.54) is 0 Å². The number of hydrogen-bond donors (Lipinski definition) is 2. The molecule has 140 valence electrons. The fourth-order valence-corrected chi connectivity index (χ4v) is 1.28. The van der Waals surface area contributed by atoms with Crippen LogP contribution in [0.1, 0.15) is 6.42 Å². The Morgan fingerprint density at radius 2 is 1.62 bits per heavy atom. The topological polar surface area (TPSA) is 119 Å². The molecule has 14 heteroatoms. The maximum absolute atomic E-state index is 12.7. The predicted octanol–water partition coefficient (Wildman–Crippen LogP) is 1.25. The highest BCUT2D eigenvalue weighted by atomic mass is 32.2. The normalized spacial score (nSPS) is 12.4. The van der Waals surface area contributed by atoms with E-state index < -0.39 is 65.4 Å². The minimum atomic E-state index is -5.65. The molecule has 0 atom stereocenters. The monoisotopic (exact) mass is 385 g/mol. The van der Waals surface area contributed by atoms with Crippen LogP contribution in [0.2, 0.25) is 0 Å². The van der Waals surface area contributed by atoms with Gasteiger partial charge in [-0.1, -0.05) is 6.58 Å². The lowest BCUT2D eigenvalue weighted by Crippen LogP contribution is -2.33. The van der Waals surface area contributed by atoms with Crippen molar-refractivity contribution in [3.63, 3.8) is 0 Å². The number of rotatable bonds is 8. The first-order valence-electron chi connectivity index (χ1n) is 5.87. The second-order valence-corrected chi connectivity index (χ2v) is 5.58. The molecule has 0 aliphatic heterocycles. The fraction of sp³-hybridized carbons (Fsp3) is 0.600. The van der Waals surface area contributed by atoms with E-state index in [1.807, 2.05) is 5.32 Å². The van der Waals surface area contributed by atoms with E-state index in [-0.39, 0.29) is 0 Å². The first-order valence-corrected chi connectivity index (χ1v) is 7.31. The number of carbonyl (C=O) groups excluding carboxylic acids is 2. The van der Waals surface area contributed by atoms with E-state index in [0.29, 0.717) is 0 Å². The molecule has 2 N–H and O–H groups in total. The quantitative estimate of drug-likeness (QED) is 0.212. The molecule has 0 aliphatic carbocycles. The number of alkyl halides is 5. The van der Waals surface area contributed by atoms with Gasteiger partial charge in [0.15, 0.2) is 0 Å². The Morgan fingerprint density at radius 3 is 2.08 bits per heavy atom. The summed E-state index contributed by atoms with van der Waals surface area (Å²) >= 11 is 0. The fourth-order valence-electron chi connectivity index (χ4n) is 0.942. The van der Waals surface area contributed by atoms with Crippen LogP contribution in [0.5, 0.6) is 0 Å². The van der Waals surface area contributed by atoms with Crippen molar-refractivity contribution in [1.29, 1.82) is 0 Å². The van der Waals surface area contributed by atoms with Gasteiger partial charge in [-0.2, -0.15) is 30.4 Å². The lowest BCUT2D eigenvalue weighted by Gasteiger charge is -2.13. The Bertz CT molecular complexity index is 587. The van der Waals surface area contributed by atoms with Crippen LogP contribution in [0.15, 0.2) is 12.2 Å². The summed E-state index contributed by atoms with van der Waals surface area (Å²) in [5, 5.41) is -2.68. The van der Waals surface area contributed by atoms with Crippen molar-refractivity contribution in [2.75, 3.05) is 19.8 Å². The number of amides is 1. The van der Waals surface area contributed by atoms with E-state index in [9.17, 15) is 40.0 Å². The summed E-state index contributed by atoms with van der Waals surface area (Å²) in [5.41, 5.74) is -1.75. The Kier molecular flexibility index (Phi) is 7.56. The summed E-state index contributed by atoms with van der Waals surface area (Å²) in [6.07, 6.45) is -7.81. The lowest BCUT2D eigenvalue weighted by molar-refractivity contribution is -0.150. The first-order chi connectivity index (χ1) is 10.7. The molecule has 0 spiro atoms. The van der Waals surface area contributed by atoms with Crippen LogP contribution in [-0.4, -0.2) is 56.2 Å². The van der Waals surface area contributed by atoms with Crippen molar-refractivity contribution >= 4 is 22.2 Å². The maximum atomic E-state index is 12.7. The first kappa shape index (κ1) is 22.0. The molecule has 8 nitrogen and oxygen atoms in total. The maximum Gasteiger partial charge on any atom is 0.422 e. The Morgan fingerprint density at radius 1 is 1.08 bits per heavy atom. The molecule has 0 radical (unpaired) electrons. The van der Waals surface area contributed by atoms with Gasteiger partial charge in [-0.05, 0) is 0 Å². The molecule has 0 saturated heterocycles.